The minimum atomic E-state index is -0.845. The first-order valence-corrected chi connectivity index (χ1v) is 13.5. The molecule has 5 heteroatoms. The lowest BCUT2D eigenvalue weighted by Crippen LogP contribution is -2.48. The van der Waals surface area contributed by atoms with Gasteiger partial charge in [0.2, 0.25) is 0 Å². The first-order chi connectivity index (χ1) is 16.6. The zero-order valence-corrected chi connectivity index (χ0v) is 23.1. The number of allylic oxidation sites excluding steroid dienone is 6. The minimum absolute atomic E-state index is 0.0883. The second-order valence-electron chi connectivity index (χ2n) is 12.7. The summed E-state index contributed by atoms with van der Waals surface area (Å²) in [5, 5.41) is 31.2. The van der Waals surface area contributed by atoms with Crippen LogP contribution in [-0.2, 0) is 9.59 Å². The van der Waals surface area contributed by atoms with Gasteiger partial charge in [0.25, 0.3) is 0 Å². The highest BCUT2D eigenvalue weighted by molar-refractivity contribution is 5.71. The number of aliphatic hydroxyl groups excluding tert-OH is 1. The fraction of sp³-hybridized carbons (Fsp3) is 0.677. The third kappa shape index (κ3) is 4.53. The maximum absolute atomic E-state index is 12.6. The number of fused-ring (bicyclic) bond motifs is 3. The Hall–Kier alpha value is -2.14. The van der Waals surface area contributed by atoms with Crippen LogP contribution in [-0.4, -0.2) is 33.4 Å². The Bertz CT molecular complexity index is 1000. The Kier molecular flexibility index (Phi) is 7.87. The molecule has 3 N–H and O–H groups in total. The predicted octanol–water partition coefficient (Wildman–Crippen LogP) is 6.80. The summed E-state index contributed by atoms with van der Waals surface area (Å²) in [6.07, 6.45) is 7.48. The lowest BCUT2D eigenvalue weighted by Gasteiger charge is -2.56. The molecule has 1 saturated carbocycles. The molecule has 3 rings (SSSR count). The Morgan fingerprint density at radius 2 is 1.72 bits per heavy atom. The average molecular weight is 499 g/mol. The van der Waals surface area contributed by atoms with E-state index >= 15 is 0 Å². The van der Waals surface area contributed by atoms with Gasteiger partial charge in [0.05, 0.1) is 12.0 Å². The van der Waals surface area contributed by atoms with Crippen molar-refractivity contribution in [3.05, 3.63) is 47.6 Å². The minimum Gasteiger partial charge on any atom is -0.481 e. The Balaban J connectivity index is 2.05. The van der Waals surface area contributed by atoms with Crippen molar-refractivity contribution in [3.8, 4) is 0 Å². The first kappa shape index (κ1) is 28.4. The molecule has 0 spiro atoms. The van der Waals surface area contributed by atoms with Crippen LogP contribution in [0.25, 0.3) is 0 Å². The number of aliphatic carboxylic acids is 2. The van der Waals surface area contributed by atoms with Crippen molar-refractivity contribution < 1.29 is 24.9 Å². The Labute approximate surface area is 217 Å². The van der Waals surface area contributed by atoms with Gasteiger partial charge in [-0.2, -0.15) is 0 Å². The van der Waals surface area contributed by atoms with Gasteiger partial charge in [-0.3, -0.25) is 9.59 Å². The molecule has 0 saturated heterocycles. The van der Waals surface area contributed by atoms with E-state index in [2.05, 4.69) is 59.9 Å². The molecule has 0 bridgehead atoms. The van der Waals surface area contributed by atoms with E-state index in [0.717, 1.165) is 17.6 Å². The standard InChI is InChI=1S/C31H46O5/c1-18(2)20(5)9-10-21(28(35)36)27-25(32)17-31(8)24-12-11-22(19(3)4)29(6,15-14-26(33)34)23(24)13-16-30(27,31)7/h12-13,18,21-22,25,27,32H,3,5,9-11,14-17H2,1-2,4,6-8H3,(H,33,34)(H,35,36)/t21?,22?,25-,27+,29+,30-,31+/m1/s1. The van der Waals surface area contributed by atoms with Crippen LogP contribution in [0.2, 0.25) is 0 Å². The van der Waals surface area contributed by atoms with Crippen LogP contribution < -0.4 is 0 Å². The summed E-state index contributed by atoms with van der Waals surface area (Å²) in [5.74, 6) is -2.22. The molecule has 0 aliphatic heterocycles. The number of aliphatic hydroxyl groups is 1. The van der Waals surface area contributed by atoms with E-state index in [-0.39, 0.29) is 23.7 Å². The Morgan fingerprint density at radius 3 is 2.25 bits per heavy atom. The number of rotatable bonds is 10. The predicted molar refractivity (Wildman–Crippen MR) is 143 cm³/mol. The van der Waals surface area contributed by atoms with E-state index in [1.165, 1.54) is 11.1 Å². The van der Waals surface area contributed by atoms with Crippen molar-refractivity contribution >= 4 is 11.9 Å². The summed E-state index contributed by atoms with van der Waals surface area (Å²) in [4.78, 5) is 24.1. The number of carbonyl (C=O) groups is 2. The molecule has 200 valence electrons. The summed E-state index contributed by atoms with van der Waals surface area (Å²) in [6, 6.07) is 0. The van der Waals surface area contributed by atoms with Crippen LogP contribution >= 0.6 is 0 Å². The maximum atomic E-state index is 12.6. The summed E-state index contributed by atoms with van der Waals surface area (Å²) >= 11 is 0. The van der Waals surface area contributed by atoms with Gasteiger partial charge in [0.15, 0.2) is 0 Å². The first-order valence-electron chi connectivity index (χ1n) is 13.5. The summed E-state index contributed by atoms with van der Waals surface area (Å²) in [6.45, 7) is 21.1. The van der Waals surface area contributed by atoms with E-state index in [0.29, 0.717) is 38.0 Å². The molecule has 0 aromatic heterocycles. The molecule has 0 amide bonds. The van der Waals surface area contributed by atoms with Crippen molar-refractivity contribution in [2.45, 2.75) is 92.6 Å². The van der Waals surface area contributed by atoms with Crippen LogP contribution in [0.15, 0.2) is 47.6 Å². The molecule has 0 heterocycles. The second kappa shape index (κ2) is 9.96. The third-order valence-electron chi connectivity index (χ3n) is 10.4. The molecule has 3 aliphatic carbocycles. The zero-order chi connectivity index (χ0) is 27.2. The van der Waals surface area contributed by atoms with Crippen molar-refractivity contribution in [1.29, 1.82) is 0 Å². The molecule has 2 unspecified atom stereocenters. The lowest BCUT2D eigenvalue weighted by atomic mass is 9.48. The Morgan fingerprint density at radius 1 is 1.08 bits per heavy atom. The van der Waals surface area contributed by atoms with Crippen LogP contribution in [0.1, 0.15) is 86.5 Å². The van der Waals surface area contributed by atoms with Crippen molar-refractivity contribution in [1.82, 2.24) is 0 Å². The van der Waals surface area contributed by atoms with Gasteiger partial charge < -0.3 is 15.3 Å². The topological polar surface area (TPSA) is 94.8 Å². The highest BCUT2D eigenvalue weighted by Crippen LogP contribution is 2.70. The fourth-order valence-corrected chi connectivity index (χ4v) is 7.85. The van der Waals surface area contributed by atoms with Crippen molar-refractivity contribution in [2.75, 3.05) is 0 Å². The molecular weight excluding hydrogens is 452 g/mol. The smallest absolute Gasteiger partial charge is 0.306 e. The van der Waals surface area contributed by atoms with Gasteiger partial charge >= 0.3 is 11.9 Å². The van der Waals surface area contributed by atoms with Gasteiger partial charge in [-0.15, -0.1) is 0 Å². The molecule has 1 fully saturated rings. The molecule has 36 heavy (non-hydrogen) atoms. The van der Waals surface area contributed by atoms with E-state index in [1.807, 2.05) is 6.92 Å². The molecule has 0 aromatic rings. The highest BCUT2D eigenvalue weighted by Gasteiger charge is 2.65. The maximum Gasteiger partial charge on any atom is 0.306 e. The van der Waals surface area contributed by atoms with E-state index < -0.39 is 34.8 Å². The fourth-order valence-electron chi connectivity index (χ4n) is 7.85. The quantitative estimate of drug-likeness (QED) is 0.288. The highest BCUT2D eigenvalue weighted by atomic mass is 16.4. The summed E-state index contributed by atoms with van der Waals surface area (Å²) in [7, 11) is 0. The molecule has 3 aliphatic rings. The van der Waals surface area contributed by atoms with Gasteiger partial charge in [0.1, 0.15) is 0 Å². The summed E-state index contributed by atoms with van der Waals surface area (Å²) < 4.78 is 0. The SMILES string of the molecule is C=C(CCC(C(=O)O)[C@H]1[C@H](O)C[C@@]2(C)C3=CCC(C(=C)C)[C@](C)(CCC(=O)O)C3=CC[C@]12C)C(C)C. The molecule has 0 aromatic carbocycles. The van der Waals surface area contributed by atoms with Crippen LogP contribution in [0.3, 0.4) is 0 Å². The van der Waals surface area contributed by atoms with E-state index in [1.54, 1.807) is 0 Å². The average Bonchev–Trinajstić information content (AvgIpc) is 2.98. The van der Waals surface area contributed by atoms with E-state index in [4.69, 9.17) is 0 Å². The van der Waals surface area contributed by atoms with Crippen molar-refractivity contribution in [3.63, 3.8) is 0 Å². The number of carboxylic acid groups (broad SMARTS) is 2. The van der Waals surface area contributed by atoms with Gasteiger partial charge in [-0.05, 0) is 79.3 Å². The largest absolute Gasteiger partial charge is 0.481 e. The van der Waals surface area contributed by atoms with Gasteiger partial charge in [-0.25, -0.2) is 0 Å². The van der Waals surface area contributed by atoms with Gasteiger partial charge in [-0.1, -0.05) is 71.1 Å². The number of hydrogen-bond donors (Lipinski definition) is 3. The third-order valence-corrected chi connectivity index (χ3v) is 10.4. The van der Waals surface area contributed by atoms with Crippen LogP contribution in [0, 0.1) is 39.9 Å². The normalized spacial score (nSPS) is 36.4. The van der Waals surface area contributed by atoms with Crippen LogP contribution in [0.5, 0.6) is 0 Å². The monoisotopic (exact) mass is 498 g/mol. The molecular formula is C31H46O5. The number of carboxylic acids is 2. The summed E-state index contributed by atoms with van der Waals surface area (Å²) in [5.41, 5.74) is 3.28. The van der Waals surface area contributed by atoms with Gasteiger partial charge in [0, 0.05) is 17.8 Å². The van der Waals surface area contributed by atoms with Crippen molar-refractivity contribution in [2.24, 2.45) is 39.9 Å². The zero-order valence-electron chi connectivity index (χ0n) is 23.1. The lowest BCUT2D eigenvalue weighted by molar-refractivity contribution is -0.148. The second-order valence-corrected chi connectivity index (χ2v) is 12.7. The molecule has 0 radical (unpaired) electrons. The molecule has 7 atom stereocenters. The molecule has 5 nitrogen and oxygen atoms in total. The number of hydrogen-bond acceptors (Lipinski definition) is 3. The van der Waals surface area contributed by atoms with E-state index in [9.17, 15) is 24.9 Å². The van der Waals surface area contributed by atoms with Crippen LogP contribution in [0.4, 0.5) is 0 Å².